The lowest BCUT2D eigenvalue weighted by Crippen LogP contribution is -2.06. The second kappa shape index (κ2) is 5.03. The molecule has 0 aliphatic carbocycles. The number of alkyl halides is 2. The van der Waals surface area contributed by atoms with Gasteiger partial charge in [0.2, 0.25) is 11.7 Å². The first-order valence-corrected chi connectivity index (χ1v) is 5.77. The Bertz CT molecular complexity index is 669. The van der Waals surface area contributed by atoms with E-state index in [0.29, 0.717) is 0 Å². The number of aromatic nitrogens is 4. The normalized spacial score (nSPS) is 11.1. The minimum atomic E-state index is -3.04. The molecule has 0 aromatic carbocycles. The largest absolute Gasteiger partial charge is 0.416 e. The van der Waals surface area contributed by atoms with Gasteiger partial charge in [-0.25, -0.2) is 4.68 Å². The predicted octanol–water partition coefficient (Wildman–Crippen LogP) is 1.46. The van der Waals surface area contributed by atoms with Crippen LogP contribution < -0.4 is 10.5 Å². The summed E-state index contributed by atoms with van der Waals surface area (Å²) in [5, 5.41) is 18.3. The Hall–Kier alpha value is -2.24. The first kappa shape index (κ1) is 14.2. The molecule has 0 saturated carbocycles. The molecule has 2 aromatic rings. The van der Waals surface area contributed by atoms with Crippen LogP contribution in [0.15, 0.2) is 10.7 Å². The van der Waals surface area contributed by atoms with Gasteiger partial charge in [0.1, 0.15) is 10.7 Å². The monoisotopic (exact) mass is 352 g/mol. The van der Waals surface area contributed by atoms with Gasteiger partial charge in [-0.3, -0.25) is 10.1 Å². The van der Waals surface area contributed by atoms with Crippen LogP contribution in [0.25, 0.3) is 5.82 Å². The van der Waals surface area contributed by atoms with E-state index in [9.17, 15) is 18.9 Å². The predicted molar refractivity (Wildman–Crippen MR) is 65.7 cm³/mol. The van der Waals surface area contributed by atoms with Crippen LogP contribution in [0.3, 0.4) is 0 Å². The molecule has 0 spiro atoms. The van der Waals surface area contributed by atoms with Gasteiger partial charge in [-0.1, -0.05) is 0 Å². The Morgan fingerprint density at radius 2 is 2.25 bits per heavy atom. The molecular formula is C8H7BrF2N6O3. The first-order valence-electron chi connectivity index (χ1n) is 4.98. The van der Waals surface area contributed by atoms with Crippen molar-refractivity contribution in [3.05, 3.63) is 20.8 Å². The van der Waals surface area contributed by atoms with Crippen molar-refractivity contribution in [1.82, 2.24) is 19.6 Å². The van der Waals surface area contributed by atoms with Crippen LogP contribution in [0, 0.1) is 10.1 Å². The van der Waals surface area contributed by atoms with Crippen molar-refractivity contribution in [1.29, 1.82) is 0 Å². The average Bonchev–Trinajstić information content (AvgIpc) is 2.84. The van der Waals surface area contributed by atoms with E-state index in [1.54, 1.807) is 0 Å². The summed E-state index contributed by atoms with van der Waals surface area (Å²) < 4.78 is 30.8. The smallest absolute Gasteiger partial charge is 0.388 e. The van der Waals surface area contributed by atoms with E-state index in [1.165, 1.54) is 7.05 Å². The minimum absolute atomic E-state index is 0.00579. The highest BCUT2D eigenvalue weighted by Gasteiger charge is 2.25. The van der Waals surface area contributed by atoms with E-state index in [4.69, 9.17) is 5.73 Å². The molecule has 2 rings (SSSR count). The number of rotatable bonds is 4. The van der Waals surface area contributed by atoms with Gasteiger partial charge in [0.15, 0.2) is 5.82 Å². The van der Waals surface area contributed by atoms with Crippen LogP contribution >= 0.6 is 15.9 Å². The molecule has 9 nitrogen and oxygen atoms in total. The zero-order valence-electron chi connectivity index (χ0n) is 9.83. The molecule has 0 aliphatic heterocycles. The quantitative estimate of drug-likeness (QED) is 0.658. The molecule has 0 fully saturated rings. The number of nitro groups is 1. The van der Waals surface area contributed by atoms with E-state index in [1.807, 2.05) is 0 Å². The van der Waals surface area contributed by atoms with Gasteiger partial charge in [-0.05, 0) is 15.9 Å². The van der Waals surface area contributed by atoms with E-state index in [2.05, 4.69) is 30.9 Å². The summed E-state index contributed by atoms with van der Waals surface area (Å²) in [5.41, 5.74) is 5.15. The summed E-state index contributed by atoms with van der Waals surface area (Å²) in [7, 11) is 1.36. The Kier molecular flexibility index (Phi) is 3.57. The summed E-state index contributed by atoms with van der Waals surface area (Å²) in [6, 6.07) is 0. The van der Waals surface area contributed by atoms with Gasteiger partial charge >= 0.3 is 12.3 Å². The number of nitrogen functional groups attached to an aromatic ring is 1. The van der Waals surface area contributed by atoms with Crippen molar-refractivity contribution in [3.63, 3.8) is 0 Å². The maximum atomic E-state index is 12.3. The molecule has 0 saturated heterocycles. The standard InChI is InChI=1S/C8H7BrF2N6O3/c1-15-7(20-8(10)11)4(9)6(14-15)16-5(12)3(2-13-16)17(18)19/h2,8H,12H2,1H3. The van der Waals surface area contributed by atoms with Crippen LogP contribution in [0.5, 0.6) is 5.88 Å². The van der Waals surface area contributed by atoms with E-state index >= 15 is 0 Å². The Morgan fingerprint density at radius 3 is 2.75 bits per heavy atom. The van der Waals surface area contributed by atoms with Gasteiger partial charge in [0, 0.05) is 7.05 Å². The molecule has 0 radical (unpaired) electrons. The average molecular weight is 353 g/mol. The van der Waals surface area contributed by atoms with Crippen molar-refractivity contribution in [2.24, 2.45) is 7.05 Å². The molecule has 0 atom stereocenters. The summed E-state index contributed by atoms with van der Waals surface area (Å²) >= 11 is 3.02. The van der Waals surface area contributed by atoms with Gasteiger partial charge < -0.3 is 10.5 Å². The highest BCUT2D eigenvalue weighted by Crippen LogP contribution is 2.34. The number of anilines is 1. The lowest BCUT2D eigenvalue weighted by molar-refractivity contribution is -0.383. The SMILES string of the molecule is Cn1nc(-n2ncc([N+](=O)[O-])c2N)c(Br)c1OC(F)F. The lowest BCUT2D eigenvalue weighted by Gasteiger charge is -2.03. The van der Waals surface area contributed by atoms with Gasteiger partial charge in [0.25, 0.3) is 0 Å². The summed E-state index contributed by atoms with van der Waals surface area (Å²) in [5.74, 6) is -0.543. The zero-order chi connectivity index (χ0) is 15.0. The van der Waals surface area contributed by atoms with Crippen LogP contribution in [0.1, 0.15) is 0 Å². The molecule has 2 N–H and O–H groups in total. The third kappa shape index (κ3) is 2.29. The second-order valence-electron chi connectivity index (χ2n) is 3.53. The summed E-state index contributed by atoms with van der Waals surface area (Å²) in [6.07, 6.45) is 0.935. The third-order valence-corrected chi connectivity index (χ3v) is 3.00. The summed E-state index contributed by atoms with van der Waals surface area (Å²) in [4.78, 5) is 9.96. The first-order chi connectivity index (χ1) is 9.32. The molecule has 2 aromatic heterocycles. The number of hydrogen-bond acceptors (Lipinski definition) is 6. The molecule has 0 bridgehead atoms. The highest BCUT2D eigenvalue weighted by atomic mass is 79.9. The number of halogens is 3. The Balaban J connectivity index is 2.52. The molecule has 20 heavy (non-hydrogen) atoms. The van der Waals surface area contributed by atoms with Crippen molar-refractivity contribution in [3.8, 4) is 11.7 Å². The fourth-order valence-electron chi connectivity index (χ4n) is 1.48. The molecule has 12 heteroatoms. The summed E-state index contributed by atoms with van der Waals surface area (Å²) in [6.45, 7) is -3.04. The zero-order valence-corrected chi connectivity index (χ0v) is 11.4. The molecular weight excluding hydrogens is 346 g/mol. The van der Waals surface area contributed by atoms with Crippen molar-refractivity contribution in [2.75, 3.05) is 5.73 Å². The Morgan fingerprint density at radius 1 is 1.60 bits per heavy atom. The fourth-order valence-corrected chi connectivity index (χ4v) is 2.07. The minimum Gasteiger partial charge on any atom is -0.416 e. The van der Waals surface area contributed by atoms with Gasteiger partial charge in [-0.15, -0.1) is 5.10 Å². The number of ether oxygens (including phenoxy) is 1. The maximum Gasteiger partial charge on any atom is 0.388 e. The fraction of sp³-hybridized carbons (Fsp3) is 0.250. The molecule has 0 unspecified atom stereocenters. The molecule has 108 valence electrons. The van der Waals surface area contributed by atoms with Crippen LogP contribution in [0.4, 0.5) is 20.3 Å². The van der Waals surface area contributed by atoms with E-state index in [0.717, 1.165) is 15.6 Å². The molecule has 0 aliphatic rings. The van der Waals surface area contributed by atoms with Gasteiger partial charge in [0.05, 0.1) is 4.92 Å². The van der Waals surface area contributed by atoms with E-state index in [-0.39, 0.29) is 22.0 Å². The number of aryl methyl sites for hydroxylation is 1. The number of nitrogens with two attached hydrogens (primary N) is 1. The topological polar surface area (TPSA) is 114 Å². The maximum absolute atomic E-state index is 12.3. The number of hydrogen-bond donors (Lipinski definition) is 1. The van der Waals surface area contributed by atoms with Crippen molar-refractivity contribution in [2.45, 2.75) is 6.61 Å². The molecule has 2 heterocycles. The van der Waals surface area contributed by atoms with Crippen LogP contribution in [-0.2, 0) is 7.05 Å². The van der Waals surface area contributed by atoms with Crippen LogP contribution in [-0.4, -0.2) is 31.1 Å². The Labute approximate surface area is 118 Å². The molecule has 0 amide bonds. The third-order valence-electron chi connectivity index (χ3n) is 2.31. The van der Waals surface area contributed by atoms with Crippen LogP contribution in [0.2, 0.25) is 0 Å². The van der Waals surface area contributed by atoms with E-state index < -0.39 is 17.2 Å². The lowest BCUT2D eigenvalue weighted by atomic mass is 10.5. The second-order valence-corrected chi connectivity index (χ2v) is 4.32. The van der Waals surface area contributed by atoms with Crippen molar-refractivity contribution < 1.29 is 18.4 Å². The highest BCUT2D eigenvalue weighted by molar-refractivity contribution is 9.10. The van der Waals surface area contributed by atoms with Crippen molar-refractivity contribution >= 4 is 27.4 Å². The number of nitrogens with zero attached hydrogens (tertiary/aromatic N) is 5. The van der Waals surface area contributed by atoms with Gasteiger partial charge in [-0.2, -0.15) is 18.6 Å².